The van der Waals surface area contributed by atoms with E-state index in [0.717, 1.165) is 44.8 Å². The average Bonchev–Trinajstić information content (AvgIpc) is 3.22. The number of nitrogens with one attached hydrogen (secondary N) is 1. The fourth-order valence-corrected chi connectivity index (χ4v) is 4.33. The van der Waals surface area contributed by atoms with E-state index in [-0.39, 0.29) is 11.9 Å². The van der Waals surface area contributed by atoms with Gasteiger partial charge in [0.05, 0.1) is 17.3 Å². The maximum Gasteiger partial charge on any atom is 0.221 e. The molecule has 1 unspecified atom stereocenters. The van der Waals surface area contributed by atoms with E-state index in [2.05, 4.69) is 10.3 Å². The van der Waals surface area contributed by atoms with Crippen molar-refractivity contribution in [3.8, 4) is 0 Å². The van der Waals surface area contributed by atoms with Crippen molar-refractivity contribution in [2.45, 2.75) is 32.7 Å². The lowest BCUT2D eigenvalue weighted by Gasteiger charge is -2.19. The number of benzene rings is 2. The normalized spacial score (nSPS) is 12.2. The van der Waals surface area contributed by atoms with Gasteiger partial charge in [0, 0.05) is 29.4 Å². The molecule has 5 aromatic rings. The van der Waals surface area contributed by atoms with Crippen LogP contribution in [-0.4, -0.2) is 25.5 Å². The third-order valence-electron chi connectivity index (χ3n) is 6.04. The maximum atomic E-state index is 13.0. The smallest absolute Gasteiger partial charge is 0.221 e. The molecule has 0 spiro atoms. The van der Waals surface area contributed by atoms with Crippen LogP contribution in [-0.2, 0) is 11.2 Å². The number of hydrogen-bond acceptors (Lipinski definition) is 4. The molecule has 33 heavy (non-hydrogen) atoms. The summed E-state index contributed by atoms with van der Waals surface area (Å²) in [6, 6.07) is 23.4. The second-order valence-electron chi connectivity index (χ2n) is 8.18. The molecule has 164 valence electrons. The van der Waals surface area contributed by atoms with Crippen LogP contribution in [0.15, 0.2) is 79.0 Å². The van der Waals surface area contributed by atoms with Crippen LogP contribution in [0, 0.1) is 13.8 Å². The fourth-order valence-electron chi connectivity index (χ4n) is 4.33. The summed E-state index contributed by atoms with van der Waals surface area (Å²) in [6.07, 6.45) is 2.69. The summed E-state index contributed by atoms with van der Waals surface area (Å²) < 4.78 is 1.89. The lowest BCUT2D eigenvalue weighted by Crippen LogP contribution is -2.30. The van der Waals surface area contributed by atoms with Crippen molar-refractivity contribution in [1.82, 2.24) is 24.9 Å². The van der Waals surface area contributed by atoms with Crippen LogP contribution < -0.4 is 5.32 Å². The molecule has 3 heterocycles. The van der Waals surface area contributed by atoms with Gasteiger partial charge < -0.3 is 5.32 Å². The molecular formula is C27H25N5O. The highest BCUT2D eigenvalue weighted by atomic mass is 16.1. The molecule has 0 aliphatic rings. The average molecular weight is 436 g/mol. The van der Waals surface area contributed by atoms with Gasteiger partial charge in [0.15, 0.2) is 5.65 Å². The monoisotopic (exact) mass is 435 g/mol. The molecule has 0 radical (unpaired) electrons. The lowest BCUT2D eigenvalue weighted by atomic mass is 10.0. The van der Waals surface area contributed by atoms with Gasteiger partial charge in [-0.25, -0.2) is 9.50 Å². The number of amides is 1. The van der Waals surface area contributed by atoms with E-state index in [1.165, 1.54) is 0 Å². The van der Waals surface area contributed by atoms with Crippen molar-refractivity contribution in [3.05, 3.63) is 107 Å². The van der Waals surface area contributed by atoms with Crippen molar-refractivity contribution < 1.29 is 4.79 Å². The molecule has 2 aromatic carbocycles. The van der Waals surface area contributed by atoms with Crippen LogP contribution in [0.25, 0.3) is 16.6 Å². The van der Waals surface area contributed by atoms with Gasteiger partial charge in [-0.15, -0.1) is 0 Å². The highest BCUT2D eigenvalue weighted by molar-refractivity contribution is 5.92. The summed E-state index contributed by atoms with van der Waals surface area (Å²) in [7, 11) is 0. The summed E-state index contributed by atoms with van der Waals surface area (Å²) in [5.41, 5.74) is 6.60. The standard InChI is InChI=1S/C27H25N5O/c1-18-21(19(2)32-27(29-18)22-12-6-7-13-23(22)31-32)15-16-25(33)30-26(20-10-4-3-5-11-20)24-14-8-9-17-28-24/h3-14,17,26H,15-16H2,1-2H3,(H,30,33). The van der Waals surface area contributed by atoms with Crippen LogP contribution in [0.5, 0.6) is 0 Å². The first-order valence-electron chi connectivity index (χ1n) is 11.1. The zero-order valence-electron chi connectivity index (χ0n) is 18.7. The van der Waals surface area contributed by atoms with E-state index in [4.69, 9.17) is 10.1 Å². The van der Waals surface area contributed by atoms with E-state index in [9.17, 15) is 4.79 Å². The molecule has 5 rings (SSSR count). The van der Waals surface area contributed by atoms with E-state index in [1.807, 2.05) is 91.2 Å². The van der Waals surface area contributed by atoms with Gasteiger partial charge in [0.2, 0.25) is 5.91 Å². The third-order valence-corrected chi connectivity index (χ3v) is 6.04. The minimum atomic E-state index is -0.292. The predicted molar refractivity (Wildman–Crippen MR) is 129 cm³/mol. The van der Waals surface area contributed by atoms with Gasteiger partial charge in [-0.2, -0.15) is 5.10 Å². The van der Waals surface area contributed by atoms with Gasteiger partial charge in [0.25, 0.3) is 0 Å². The zero-order chi connectivity index (χ0) is 22.8. The molecule has 0 bridgehead atoms. The molecule has 0 saturated heterocycles. The first-order chi connectivity index (χ1) is 16.1. The number of nitrogens with zero attached hydrogens (tertiary/aromatic N) is 4. The third kappa shape index (κ3) is 4.07. The highest BCUT2D eigenvalue weighted by Gasteiger charge is 2.19. The zero-order valence-corrected chi connectivity index (χ0v) is 18.7. The molecule has 0 fully saturated rings. The maximum absolute atomic E-state index is 13.0. The number of aromatic nitrogens is 4. The molecule has 3 aromatic heterocycles. The van der Waals surface area contributed by atoms with Crippen LogP contribution in [0.1, 0.15) is 40.7 Å². The second-order valence-corrected chi connectivity index (χ2v) is 8.18. The Labute approximate surface area is 192 Å². The number of carbonyl (C=O) groups is 1. The van der Waals surface area contributed by atoms with Crippen molar-refractivity contribution in [1.29, 1.82) is 0 Å². The van der Waals surface area contributed by atoms with Gasteiger partial charge >= 0.3 is 0 Å². The van der Waals surface area contributed by atoms with Crippen LogP contribution in [0.2, 0.25) is 0 Å². The van der Waals surface area contributed by atoms with Gasteiger partial charge in [-0.3, -0.25) is 9.78 Å². The molecule has 0 aliphatic carbocycles. The van der Waals surface area contributed by atoms with Crippen molar-refractivity contribution in [2.75, 3.05) is 0 Å². The Hall–Kier alpha value is -4.06. The Morgan fingerprint density at radius 1 is 0.970 bits per heavy atom. The van der Waals surface area contributed by atoms with Gasteiger partial charge in [-0.05, 0) is 55.7 Å². The van der Waals surface area contributed by atoms with Gasteiger partial charge in [0.1, 0.15) is 0 Å². The Bertz CT molecular complexity index is 1390. The second kappa shape index (κ2) is 8.82. The topological polar surface area (TPSA) is 72.2 Å². The molecule has 6 heteroatoms. The number of fused-ring (bicyclic) bond motifs is 3. The van der Waals surface area contributed by atoms with Crippen LogP contribution in [0.3, 0.4) is 0 Å². The summed E-state index contributed by atoms with van der Waals surface area (Å²) in [5.74, 6) is -0.0287. The summed E-state index contributed by atoms with van der Waals surface area (Å²) in [4.78, 5) is 22.3. The fraction of sp³-hybridized carbons (Fsp3) is 0.185. The molecule has 0 saturated carbocycles. The number of aryl methyl sites for hydroxylation is 2. The SMILES string of the molecule is Cc1nc2c3ccccc3nn2c(C)c1CCC(=O)NC(c1ccccc1)c1ccccn1. The van der Waals surface area contributed by atoms with E-state index >= 15 is 0 Å². The number of pyridine rings is 1. The van der Waals surface area contributed by atoms with Crippen LogP contribution >= 0.6 is 0 Å². The minimum Gasteiger partial charge on any atom is -0.344 e. The summed E-state index contributed by atoms with van der Waals surface area (Å²) >= 11 is 0. The quantitative estimate of drug-likeness (QED) is 0.418. The Morgan fingerprint density at radius 3 is 2.52 bits per heavy atom. The van der Waals surface area contributed by atoms with Crippen molar-refractivity contribution in [2.24, 2.45) is 0 Å². The Kier molecular flexibility index (Phi) is 5.57. The highest BCUT2D eigenvalue weighted by Crippen LogP contribution is 2.24. The first kappa shape index (κ1) is 20.8. The van der Waals surface area contributed by atoms with E-state index in [0.29, 0.717) is 12.8 Å². The molecular weight excluding hydrogens is 410 g/mol. The van der Waals surface area contributed by atoms with Gasteiger partial charge in [-0.1, -0.05) is 48.5 Å². The Morgan fingerprint density at radius 2 is 1.73 bits per heavy atom. The summed E-state index contributed by atoms with van der Waals surface area (Å²) in [6.45, 7) is 4.05. The largest absolute Gasteiger partial charge is 0.344 e. The van der Waals surface area contributed by atoms with Crippen molar-refractivity contribution in [3.63, 3.8) is 0 Å². The minimum absolute atomic E-state index is 0.0287. The molecule has 1 N–H and O–H groups in total. The molecule has 0 aliphatic heterocycles. The van der Waals surface area contributed by atoms with E-state index < -0.39 is 0 Å². The molecule has 1 amide bonds. The number of carbonyl (C=O) groups excluding carboxylic acids is 1. The summed E-state index contributed by atoms with van der Waals surface area (Å²) in [5, 5.41) is 8.93. The number of hydrogen-bond donors (Lipinski definition) is 1. The van der Waals surface area contributed by atoms with Crippen LogP contribution in [0.4, 0.5) is 0 Å². The Balaban J connectivity index is 1.38. The number of rotatable bonds is 6. The molecule has 1 atom stereocenters. The first-order valence-corrected chi connectivity index (χ1v) is 11.1. The van der Waals surface area contributed by atoms with Crippen molar-refractivity contribution >= 4 is 22.5 Å². The van der Waals surface area contributed by atoms with E-state index in [1.54, 1.807) is 6.20 Å². The predicted octanol–water partition coefficient (Wildman–Crippen LogP) is 4.73. The lowest BCUT2D eigenvalue weighted by molar-refractivity contribution is -0.121. The molecule has 6 nitrogen and oxygen atoms in total.